The van der Waals surface area contributed by atoms with E-state index in [-0.39, 0.29) is 11.2 Å². The van der Waals surface area contributed by atoms with Gasteiger partial charge in [-0.1, -0.05) is 48.9 Å². The summed E-state index contributed by atoms with van der Waals surface area (Å²) in [6.45, 7) is 11.1. The van der Waals surface area contributed by atoms with Gasteiger partial charge in [-0.3, -0.25) is 0 Å². The maximum Gasteiger partial charge on any atom is 0.516 e. The minimum Gasteiger partial charge on any atom is -0.398 e. The lowest BCUT2D eigenvalue weighted by atomic mass is 9.81. The van der Waals surface area contributed by atoms with Gasteiger partial charge in [0.2, 0.25) is 0 Å². The smallest absolute Gasteiger partial charge is 0.398 e. The van der Waals surface area contributed by atoms with Gasteiger partial charge in [-0.05, 0) is 39.7 Å². The Morgan fingerprint density at radius 1 is 1.04 bits per heavy atom. The highest BCUT2D eigenvalue weighted by atomic mass is 16.7. The normalized spacial score (nSPS) is 19.0. The zero-order chi connectivity index (χ0) is 17.4. The van der Waals surface area contributed by atoms with E-state index in [0.29, 0.717) is 6.54 Å². The first-order valence-corrected chi connectivity index (χ1v) is 8.66. The summed E-state index contributed by atoms with van der Waals surface area (Å²) in [5, 5.41) is 8.77. The second-order valence-electron chi connectivity index (χ2n) is 7.40. The van der Waals surface area contributed by atoms with Gasteiger partial charge in [-0.25, -0.2) is 4.68 Å². The molecule has 1 aliphatic rings. The molecule has 1 fully saturated rings. The predicted molar refractivity (Wildman–Crippen MR) is 95.3 cm³/mol. The summed E-state index contributed by atoms with van der Waals surface area (Å²) in [6.07, 6.45) is 1.88. The first-order chi connectivity index (χ1) is 11.3. The third-order valence-corrected chi connectivity index (χ3v) is 4.99. The summed E-state index contributed by atoms with van der Waals surface area (Å²) in [4.78, 5) is 0. The van der Waals surface area contributed by atoms with Gasteiger partial charge in [0.1, 0.15) is 0 Å². The molecular weight excluding hydrogens is 301 g/mol. The monoisotopic (exact) mass is 327 g/mol. The van der Waals surface area contributed by atoms with Crippen molar-refractivity contribution in [2.75, 3.05) is 0 Å². The van der Waals surface area contributed by atoms with Crippen LogP contribution in [0.2, 0.25) is 0 Å². The summed E-state index contributed by atoms with van der Waals surface area (Å²) in [5.74, 6) is 0. The van der Waals surface area contributed by atoms with E-state index in [0.717, 1.165) is 24.1 Å². The Balaban J connectivity index is 1.95. The molecule has 1 aliphatic heterocycles. The minimum absolute atomic E-state index is 0.372. The predicted octanol–water partition coefficient (Wildman–Crippen LogP) is 2.58. The SMILES string of the molecule is CCCc1nnn(Cc2ccccc2)c1B1OC(C)(C)C(C)(C)O1. The van der Waals surface area contributed by atoms with E-state index in [4.69, 9.17) is 9.31 Å². The number of nitrogens with zero attached hydrogens (tertiary/aromatic N) is 3. The average Bonchev–Trinajstić information content (AvgIpc) is 2.99. The molecule has 3 rings (SSSR count). The average molecular weight is 327 g/mol. The van der Waals surface area contributed by atoms with Crippen LogP contribution in [0.25, 0.3) is 0 Å². The molecule has 1 aromatic carbocycles. The molecule has 0 radical (unpaired) electrons. The van der Waals surface area contributed by atoms with E-state index >= 15 is 0 Å². The molecule has 0 bridgehead atoms. The zero-order valence-electron chi connectivity index (χ0n) is 15.2. The quantitative estimate of drug-likeness (QED) is 0.792. The Morgan fingerprint density at radius 3 is 2.25 bits per heavy atom. The van der Waals surface area contributed by atoms with Crippen LogP contribution >= 0.6 is 0 Å². The topological polar surface area (TPSA) is 49.2 Å². The third kappa shape index (κ3) is 3.13. The highest BCUT2D eigenvalue weighted by Gasteiger charge is 2.53. The highest BCUT2D eigenvalue weighted by Crippen LogP contribution is 2.36. The first-order valence-electron chi connectivity index (χ1n) is 8.66. The molecule has 6 heteroatoms. The lowest BCUT2D eigenvalue weighted by Gasteiger charge is -2.32. The van der Waals surface area contributed by atoms with E-state index in [1.807, 2.05) is 22.9 Å². The van der Waals surface area contributed by atoms with Crippen LogP contribution in [-0.2, 0) is 22.3 Å². The zero-order valence-corrected chi connectivity index (χ0v) is 15.2. The van der Waals surface area contributed by atoms with Crippen LogP contribution in [0.4, 0.5) is 0 Å². The Morgan fingerprint density at radius 2 is 1.67 bits per heavy atom. The molecule has 0 spiro atoms. The van der Waals surface area contributed by atoms with Crippen molar-refractivity contribution in [3.05, 3.63) is 41.6 Å². The fourth-order valence-corrected chi connectivity index (χ4v) is 2.86. The van der Waals surface area contributed by atoms with E-state index in [9.17, 15) is 0 Å². The van der Waals surface area contributed by atoms with Crippen molar-refractivity contribution in [2.45, 2.75) is 65.2 Å². The van der Waals surface area contributed by atoms with E-state index in [1.165, 1.54) is 5.56 Å². The van der Waals surface area contributed by atoms with Crippen LogP contribution in [0.5, 0.6) is 0 Å². The lowest BCUT2D eigenvalue weighted by Crippen LogP contribution is -2.42. The van der Waals surface area contributed by atoms with Crippen molar-refractivity contribution in [3.8, 4) is 0 Å². The molecule has 128 valence electrons. The highest BCUT2D eigenvalue weighted by molar-refractivity contribution is 6.61. The van der Waals surface area contributed by atoms with Crippen molar-refractivity contribution in [2.24, 2.45) is 0 Å². The molecular formula is C18H26BN3O2. The van der Waals surface area contributed by atoms with Crippen molar-refractivity contribution in [1.29, 1.82) is 0 Å². The van der Waals surface area contributed by atoms with Gasteiger partial charge in [-0.2, -0.15) is 0 Å². The summed E-state index contributed by atoms with van der Waals surface area (Å²) < 4.78 is 14.4. The molecule has 0 saturated carbocycles. The fourth-order valence-electron chi connectivity index (χ4n) is 2.86. The Hall–Kier alpha value is -1.66. The van der Waals surface area contributed by atoms with Crippen LogP contribution in [0.3, 0.4) is 0 Å². The maximum absolute atomic E-state index is 6.25. The van der Waals surface area contributed by atoms with Crippen LogP contribution < -0.4 is 5.59 Å². The molecule has 0 aliphatic carbocycles. The Bertz CT molecular complexity index is 682. The van der Waals surface area contributed by atoms with Gasteiger partial charge in [0.05, 0.1) is 29.0 Å². The molecule has 0 amide bonds. The molecule has 2 aromatic rings. The summed E-state index contributed by atoms with van der Waals surface area (Å²) in [6, 6.07) is 10.3. The molecule has 0 atom stereocenters. The number of hydrogen-bond acceptors (Lipinski definition) is 4. The van der Waals surface area contributed by atoms with Gasteiger partial charge in [-0.15, -0.1) is 5.10 Å². The number of hydrogen-bond donors (Lipinski definition) is 0. The van der Waals surface area contributed by atoms with Gasteiger partial charge in [0, 0.05) is 0 Å². The molecule has 0 unspecified atom stereocenters. The number of aryl methyl sites for hydroxylation is 1. The second kappa shape index (κ2) is 6.33. The second-order valence-corrected chi connectivity index (χ2v) is 7.40. The summed E-state index contributed by atoms with van der Waals surface area (Å²) in [5.41, 5.74) is 2.35. The molecule has 2 heterocycles. The Kier molecular flexibility index (Phi) is 4.53. The lowest BCUT2D eigenvalue weighted by molar-refractivity contribution is 0.00578. The van der Waals surface area contributed by atoms with Crippen LogP contribution in [0.1, 0.15) is 52.3 Å². The summed E-state index contributed by atoms with van der Waals surface area (Å²) in [7, 11) is -0.435. The minimum atomic E-state index is -0.435. The van der Waals surface area contributed by atoms with Gasteiger partial charge in [0.25, 0.3) is 0 Å². The number of benzene rings is 1. The number of aromatic nitrogens is 3. The number of rotatable bonds is 5. The van der Waals surface area contributed by atoms with Crippen molar-refractivity contribution >= 4 is 12.7 Å². The molecule has 1 aromatic heterocycles. The molecule has 0 N–H and O–H groups in total. The van der Waals surface area contributed by atoms with Crippen molar-refractivity contribution < 1.29 is 9.31 Å². The maximum atomic E-state index is 6.25. The molecule has 24 heavy (non-hydrogen) atoms. The summed E-state index contributed by atoms with van der Waals surface area (Å²) >= 11 is 0. The van der Waals surface area contributed by atoms with Crippen molar-refractivity contribution in [1.82, 2.24) is 15.0 Å². The van der Waals surface area contributed by atoms with Crippen LogP contribution in [0, 0.1) is 0 Å². The first kappa shape index (κ1) is 17.2. The largest absolute Gasteiger partial charge is 0.516 e. The van der Waals surface area contributed by atoms with E-state index < -0.39 is 7.12 Å². The van der Waals surface area contributed by atoms with Crippen LogP contribution in [-0.4, -0.2) is 33.3 Å². The van der Waals surface area contributed by atoms with Crippen molar-refractivity contribution in [3.63, 3.8) is 0 Å². The Labute approximate surface area is 144 Å². The fraction of sp³-hybridized carbons (Fsp3) is 0.556. The van der Waals surface area contributed by atoms with E-state index in [2.05, 4.69) is 57.1 Å². The standard InChI is InChI=1S/C18H26BN3O2/c1-6-10-15-16(19-23-17(2,3)18(4,5)24-19)22(21-20-15)13-14-11-8-7-9-12-14/h7-9,11-12H,6,10,13H2,1-5H3. The third-order valence-electron chi connectivity index (χ3n) is 4.99. The van der Waals surface area contributed by atoms with Crippen LogP contribution in [0.15, 0.2) is 30.3 Å². The van der Waals surface area contributed by atoms with Gasteiger partial charge in [0.15, 0.2) is 0 Å². The molecule has 5 nitrogen and oxygen atoms in total. The molecule has 1 saturated heterocycles. The van der Waals surface area contributed by atoms with Gasteiger partial charge < -0.3 is 9.31 Å². The van der Waals surface area contributed by atoms with E-state index in [1.54, 1.807) is 0 Å². The van der Waals surface area contributed by atoms with Gasteiger partial charge >= 0.3 is 7.12 Å².